The minimum Gasteiger partial charge on any atom is -0.371 e. The van der Waals surface area contributed by atoms with Gasteiger partial charge in [0.1, 0.15) is 11.7 Å². The van der Waals surface area contributed by atoms with E-state index < -0.39 is 35.5 Å². The van der Waals surface area contributed by atoms with Gasteiger partial charge in [0.25, 0.3) is 17.7 Å². The van der Waals surface area contributed by atoms with Crippen LogP contribution in [0, 0.1) is 18.7 Å². The van der Waals surface area contributed by atoms with Crippen molar-refractivity contribution in [3.05, 3.63) is 95.0 Å². The van der Waals surface area contributed by atoms with Crippen molar-refractivity contribution in [3.8, 4) is 11.3 Å². The number of imide groups is 2. The molecule has 2 aromatic carbocycles. The van der Waals surface area contributed by atoms with Gasteiger partial charge in [0.05, 0.1) is 47.0 Å². The third-order valence-electron chi connectivity index (χ3n) is 12.3. The monoisotopic (exact) mass is 857 g/mol. The Morgan fingerprint density at radius 2 is 1.73 bits per heavy atom. The Balaban J connectivity index is 0.741. The fourth-order valence-corrected chi connectivity index (χ4v) is 8.62. The Morgan fingerprint density at radius 1 is 0.952 bits per heavy atom. The second-order valence-electron chi connectivity index (χ2n) is 17.7. The highest BCUT2D eigenvalue weighted by atomic mass is 19.1. The number of rotatable bonds is 11. The molecule has 63 heavy (non-hydrogen) atoms. The standard InChI is InChI=1S/C44H48FN13O5/c1-25-15-27(5-6-28(25)17-46-39(60)35-24-57(53-52-35)44(2,3)4)38-34(45)19-47-43(51-38)49-29-18-48-56(21-29)31-22-54(23-31)20-26-11-13-55(14-12-26)30-7-8-32-33(16-30)42(63)58(41(32)62)36-9-10-37(59)50-40(36)61/h5-8,15-16,18-19,21,24,26,31,36H,9-14,17,20,22-23H2,1-4H3,(H,46,60)(H,47,49,51)(H,50,59,61). The van der Waals surface area contributed by atoms with Crippen molar-refractivity contribution in [2.45, 2.75) is 77.5 Å². The quantitative estimate of drug-likeness (QED) is 0.161. The van der Waals surface area contributed by atoms with Crippen molar-refractivity contribution in [1.82, 2.24) is 55.2 Å². The van der Waals surface area contributed by atoms with E-state index in [0.29, 0.717) is 22.7 Å². The fraction of sp³-hybridized carbons (Fsp3) is 0.409. The van der Waals surface area contributed by atoms with E-state index in [2.05, 4.69) is 51.1 Å². The van der Waals surface area contributed by atoms with Crippen LogP contribution in [0.1, 0.15) is 94.8 Å². The van der Waals surface area contributed by atoms with Crippen molar-refractivity contribution in [3.63, 3.8) is 0 Å². The molecule has 3 saturated heterocycles. The summed E-state index contributed by atoms with van der Waals surface area (Å²) < 4.78 is 18.7. The van der Waals surface area contributed by atoms with Gasteiger partial charge in [0.15, 0.2) is 11.5 Å². The molecule has 5 amide bonds. The molecule has 326 valence electrons. The summed E-state index contributed by atoms with van der Waals surface area (Å²) >= 11 is 0. The van der Waals surface area contributed by atoms with Gasteiger partial charge >= 0.3 is 0 Å². The predicted octanol–water partition coefficient (Wildman–Crippen LogP) is 3.98. The van der Waals surface area contributed by atoms with Gasteiger partial charge in [-0.3, -0.25) is 43.8 Å². The van der Waals surface area contributed by atoms with E-state index >= 15 is 4.39 Å². The number of anilines is 3. The molecule has 4 aliphatic rings. The maximum atomic E-state index is 15.1. The third-order valence-corrected chi connectivity index (χ3v) is 12.3. The summed E-state index contributed by atoms with van der Waals surface area (Å²) in [6.45, 7) is 12.4. The number of halogens is 1. The van der Waals surface area contributed by atoms with Crippen molar-refractivity contribution < 1.29 is 28.4 Å². The highest BCUT2D eigenvalue weighted by Crippen LogP contribution is 2.34. The topological polar surface area (TPSA) is 205 Å². The van der Waals surface area contributed by atoms with Gasteiger partial charge in [-0.25, -0.2) is 19.0 Å². The van der Waals surface area contributed by atoms with Gasteiger partial charge < -0.3 is 15.5 Å². The third kappa shape index (κ3) is 8.39. The molecule has 1 atom stereocenters. The molecule has 0 radical (unpaired) electrons. The summed E-state index contributed by atoms with van der Waals surface area (Å²) in [6.07, 6.45) is 8.54. The number of hydrogen-bond donors (Lipinski definition) is 3. The minimum atomic E-state index is -0.986. The van der Waals surface area contributed by atoms with Crippen LogP contribution in [0.25, 0.3) is 11.3 Å². The van der Waals surface area contributed by atoms with E-state index in [4.69, 9.17) is 0 Å². The molecule has 3 fully saturated rings. The molecule has 5 aromatic rings. The van der Waals surface area contributed by atoms with Crippen LogP contribution in [0.15, 0.2) is 61.2 Å². The number of aromatic nitrogens is 7. The molecule has 4 aliphatic heterocycles. The van der Waals surface area contributed by atoms with Crippen LogP contribution < -0.4 is 20.9 Å². The Morgan fingerprint density at radius 3 is 2.46 bits per heavy atom. The summed E-state index contributed by atoms with van der Waals surface area (Å²) in [5.41, 5.74) is 4.51. The number of likely N-dealkylation sites (tertiary alicyclic amines) is 1. The van der Waals surface area contributed by atoms with Gasteiger partial charge in [-0.15, -0.1) is 5.10 Å². The summed E-state index contributed by atoms with van der Waals surface area (Å²) in [5, 5.41) is 20.9. The van der Waals surface area contributed by atoms with Crippen LogP contribution in [-0.4, -0.2) is 113 Å². The number of carbonyl (C=O) groups is 5. The van der Waals surface area contributed by atoms with Gasteiger partial charge in [-0.05, 0) is 88.3 Å². The Bertz CT molecular complexity index is 2640. The zero-order chi connectivity index (χ0) is 44.2. The molecule has 0 spiro atoms. The molecular formula is C44H48FN13O5. The van der Waals surface area contributed by atoms with Crippen molar-refractivity contribution in [2.75, 3.05) is 42.9 Å². The van der Waals surface area contributed by atoms with Crippen LogP contribution in [0.5, 0.6) is 0 Å². The molecule has 3 N–H and O–H groups in total. The normalized spacial score (nSPS) is 18.7. The molecule has 18 nitrogen and oxygen atoms in total. The smallest absolute Gasteiger partial charge is 0.273 e. The lowest BCUT2D eigenvalue weighted by Crippen LogP contribution is -2.54. The Kier molecular flexibility index (Phi) is 10.8. The molecule has 0 saturated carbocycles. The van der Waals surface area contributed by atoms with E-state index in [9.17, 15) is 24.0 Å². The molecule has 3 aromatic heterocycles. The minimum absolute atomic E-state index is 0.0804. The summed E-state index contributed by atoms with van der Waals surface area (Å²) in [7, 11) is 0. The number of piperidine rings is 2. The van der Waals surface area contributed by atoms with E-state index in [1.807, 2.05) is 56.8 Å². The van der Waals surface area contributed by atoms with E-state index in [0.717, 1.165) is 73.5 Å². The lowest BCUT2D eigenvalue weighted by Gasteiger charge is -2.43. The average Bonchev–Trinajstić information content (AvgIpc) is 3.99. The van der Waals surface area contributed by atoms with Crippen LogP contribution >= 0.6 is 0 Å². The van der Waals surface area contributed by atoms with E-state index in [1.165, 1.54) is 0 Å². The first-order chi connectivity index (χ1) is 30.2. The van der Waals surface area contributed by atoms with Crippen LogP contribution in [-0.2, 0) is 21.7 Å². The highest BCUT2D eigenvalue weighted by Gasteiger charge is 2.45. The predicted molar refractivity (Wildman–Crippen MR) is 227 cm³/mol. The van der Waals surface area contributed by atoms with Crippen LogP contribution in [0.4, 0.5) is 21.7 Å². The van der Waals surface area contributed by atoms with Crippen molar-refractivity contribution >= 4 is 46.9 Å². The lowest BCUT2D eigenvalue weighted by atomic mass is 9.93. The molecular weight excluding hydrogens is 810 g/mol. The first-order valence-corrected chi connectivity index (χ1v) is 21.2. The number of aryl methyl sites for hydroxylation is 1. The first-order valence-electron chi connectivity index (χ1n) is 21.2. The average molecular weight is 858 g/mol. The van der Waals surface area contributed by atoms with Gasteiger partial charge in [0, 0.05) is 63.1 Å². The first kappa shape index (κ1) is 41.5. The summed E-state index contributed by atoms with van der Waals surface area (Å²) in [5.74, 6) is -2.17. The molecule has 0 bridgehead atoms. The SMILES string of the molecule is Cc1cc(-c2nc(Nc3cnn(C4CN(CC5CCN(c6ccc7c(c6)C(=O)N(C6CCC(=O)NC6=O)C7=O)CC5)C4)c3)ncc2F)ccc1CNC(=O)c1cn(C(C)(C)C)nn1. The zero-order valence-corrected chi connectivity index (χ0v) is 35.5. The number of nitrogens with zero attached hydrogens (tertiary/aromatic N) is 10. The van der Waals surface area contributed by atoms with Gasteiger partial charge in [0.2, 0.25) is 17.8 Å². The Hall–Kier alpha value is -6.89. The second-order valence-corrected chi connectivity index (χ2v) is 17.7. The second kappa shape index (κ2) is 16.4. The van der Waals surface area contributed by atoms with Crippen LogP contribution in [0.3, 0.4) is 0 Å². The molecule has 0 aliphatic carbocycles. The highest BCUT2D eigenvalue weighted by molar-refractivity contribution is 6.23. The lowest BCUT2D eigenvalue weighted by molar-refractivity contribution is -0.136. The number of hydrogen-bond acceptors (Lipinski definition) is 13. The zero-order valence-electron chi connectivity index (χ0n) is 35.5. The molecule has 19 heteroatoms. The maximum absolute atomic E-state index is 15.1. The fourth-order valence-electron chi connectivity index (χ4n) is 8.62. The van der Waals surface area contributed by atoms with E-state index in [-0.39, 0.29) is 59.8 Å². The summed E-state index contributed by atoms with van der Waals surface area (Å²) in [6, 6.07) is 9.95. The van der Waals surface area contributed by atoms with Gasteiger partial charge in [-0.1, -0.05) is 17.3 Å². The number of fused-ring (bicyclic) bond motifs is 1. The number of nitrogens with one attached hydrogen (secondary N) is 3. The number of carbonyl (C=O) groups excluding carboxylic acids is 5. The Labute approximate surface area is 362 Å². The van der Waals surface area contributed by atoms with Gasteiger partial charge in [-0.2, -0.15) is 5.10 Å². The molecule has 9 rings (SSSR count). The summed E-state index contributed by atoms with van der Waals surface area (Å²) in [4.78, 5) is 77.6. The van der Waals surface area contributed by atoms with Crippen molar-refractivity contribution in [2.24, 2.45) is 5.92 Å². The number of benzene rings is 2. The maximum Gasteiger partial charge on any atom is 0.273 e. The van der Waals surface area contributed by atoms with Crippen LogP contribution in [0.2, 0.25) is 0 Å². The van der Waals surface area contributed by atoms with E-state index in [1.54, 1.807) is 35.3 Å². The van der Waals surface area contributed by atoms with Crippen molar-refractivity contribution in [1.29, 1.82) is 0 Å². The largest absolute Gasteiger partial charge is 0.371 e. The molecule has 1 unspecified atom stereocenters. The number of amides is 5. The molecule has 7 heterocycles.